The Morgan fingerprint density at radius 3 is 1.85 bits per heavy atom. The first-order valence-electron chi connectivity index (χ1n) is 9.25. The van der Waals surface area contributed by atoms with Gasteiger partial charge in [-0.25, -0.2) is 0 Å². The van der Waals surface area contributed by atoms with Crippen LogP contribution in [-0.2, 0) is 4.43 Å². The van der Waals surface area contributed by atoms with E-state index in [1.54, 1.807) is 0 Å². The Bertz CT molecular complexity index is 684. The van der Waals surface area contributed by atoms with E-state index in [4.69, 9.17) is 4.43 Å². The minimum Gasteiger partial charge on any atom is -0.403 e. The van der Waals surface area contributed by atoms with Crippen molar-refractivity contribution in [3.05, 3.63) is 60.7 Å². The lowest BCUT2D eigenvalue weighted by atomic mass is 10.2. The summed E-state index contributed by atoms with van der Waals surface area (Å²) >= 11 is 0. The molecule has 0 aromatic heterocycles. The highest BCUT2D eigenvalue weighted by Gasteiger charge is 2.51. The zero-order valence-electron chi connectivity index (χ0n) is 16.3. The van der Waals surface area contributed by atoms with Gasteiger partial charge in [-0.2, -0.15) is 0 Å². The molecule has 26 heavy (non-hydrogen) atoms. The minimum absolute atomic E-state index is 0.0664. The normalized spacial score (nSPS) is 13.0. The van der Waals surface area contributed by atoms with E-state index in [1.165, 1.54) is 10.4 Å². The van der Waals surface area contributed by atoms with Crippen LogP contribution < -0.4 is 10.4 Å². The lowest BCUT2D eigenvalue weighted by Crippen LogP contribution is -2.67. The second-order valence-corrected chi connectivity index (χ2v) is 11.8. The number of aliphatic hydroxyl groups excluding tert-OH is 1. The van der Waals surface area contributed by atoms with Crippen molar-refractivity contribution >= 4 is 18.7 Å². The molecule has 0 bridgehead atoms. The summed E-state index contributed by atoms with van der Waals surface area (Å²) in [6.45, 7) is 8.75. The van der Waals surface area contributed by atoms with Crippen molar-refractivity contribution in [2.75, 3.05) is 6.61 Å². The molecule has 1 atom stereocenters. The van der Waals surface area contributed by atoms with Gasteiger partial charge in [0.05, 0.1) is 6.10 Å². The van der Waals surface area contributed by atoms with Crippen LogP contribution in [0.3, 0.4) is 0 Å². The summed E-state index contributed by atoms with van der Waals surface area (Å²) in [5.41, 5.74) is 0. The Kier molecular flexibility index (Phi) is 7.22. The van der Waals surface area contributed by atoms with Gasteiger partial charge in [0, 0.05) is 13.0 Å². The molecule has 3 heteroatoms. The van der Waals surface area contributed by atoms with E-state index in [2.05, 4.69) is 81.1 Å². The number of benzene rings is 2. The second-order valence-electron chi connectivity index (χ2n) is 7.55. The maximum Gasteiger partial charge on any atom is 0.261 e. The quantitative estimate of drug-likeness (QED) is 0.598. The SMILES string of the molecule is CC#CC[C@@H](CCO)O[Si](c1ccccc1)(c1ccccc1)C(C)(C)C. The lowest BCUT2D eigenvalue weighted by molar-refractivity contribution is 0.148. The molecule has 138 valence electrons. The summed E-state index contributed by atoms with van der Waals surface area (Å²) in [6.07, 6.45) is 1.15. The van der Waals surface area contributed by atoms with Gasteiger partial charge in [0.2, 0.25) is 0 Å². The first-order valence-corrected chi connectivity index (χ1v) is 11.2. The van der Waals surface area contributed by atoms with Gasteiger partial charge in [-0.15, -0.1) is 11.8 Å². The molecule has 0 unspecified atom stereocenters. The molecular weight excluding hydrogens is 336 g/mol. The number of rotatable bonds is 7. The van der Waals surface area contributed by atoms with Gasteiger partial charge in [-0.05, 0) is 28.8 Å². The maximum atomic E-state index is 9.56. The van der Waals surface area contributed by atoms with E-state index in [0.717, 1.165) is 0 Å². The van der Waals surface area contributed by atoms with Crippen LogP contribution in [0, 0.1) is 11.8 Å². The molecule has 0 aliphatic heterocycles. The summed E-state index contributed by atoms with van der Waals surface area (Å²) in [5.74, 6) is 6.11. The molecule has 0 heterocycles. The van der Waals surface area contributed by atoms with E-state index in [9.17, 15) is 5.11 Å². The standard InChI is InChI=1S/C23H30O2Si/c1-5-6-13-20(18-19-24)25-26(23(2,3)4,21-14-9-7-10-15-21)22-16-11-8-12-17-22/h7-12,14-17,20,24H,13,18-19H2,1-4H3/t20-/m0/s1. The molecule has 1 N–H and O–H groups in total. The van der Waals surface area contributed by atoms with Crippen LogP contribution in [0.15, 0.2) is 60.7 Å². The summed E-state index contributed by atoms with van der Waals surface area (Å²) in [6, 6.07) is 21.2. The molecule has 2 aromatic rings. The molecule has 0 aliphatic rings. The zero-order valence-corrected chi connectivity index (χ0v) is 17.3. The maximum absolute atomic E-state index is 9.56. The fourth-order valence-corrected chi connectivity index (χ4v) is 8.22. The molecule has 0 saturated heterocycles. The summed E-state index contributed by atoms with van der Waals surface area (Å²) in [5, 5.41) is 12.0. The summed E-state index contributed by atoms with van der Waals surface area (Å²) in [7, 11) is -2.58. The molecule has 0 radical (unpaired) electrons. The molecule has 0 aliphatic carbocycles. The van der Waals surface area contributed by atoms with Gasteiger partial charge in [0.15, 0.2) is 0 Å². The fraction of sp³-hybridized carbons (Fsp3) is 0.391. The molecule has 2 nitrogen and oxygen atoms in total. The first-order chi connectivity index (χ1) is 12.5. The van der Waals surface area contributed by atoms with Gasteiger partial charge >= 0.3 is 0 Å². The van der Waals surface area contributed by atoms with Gasteiger partial charge in [-0.1, -0.05) is 81.4 Å². The van der Waals surface area contributed by atoms with Crippen LogP contribution in [0.25, 0.3) is 0 Å². The van der Waals surface area contributed by atoms with Crippen LogP contribution in [0.1, 0.15) is 40.5 Å². The third kappa shape index (κ3) is 4.45. The van der Waals surface area contributed by atoms with Crippen LogP contribution in [0.5, 0.6) is 0 Å². The molecule has 0 amide bonds. The van der Waals surface area contributed by atoms with Gasteiger partial charge in [0.1, 0.15) is 0 Å². The predicted octanol–water partition coefficient (Wildman–Crippen LogP) is 3.73. The van der Waals surface area contributed by atoms with Crippen LogP contribution in [0.4, 0.5) is 0 Å². The van der Waals surface area contributed by atoms with Crippen LogP contribution >= 0.6 is 0 Å². The van der Waals surface area contributed by atoms with Gasteiger partial charge in [0.25, 0.3) is 8.32 Å². The molecule has 2 aromatic carbocycles. The summed E-state index contributed by atoms with van der Waals surface area (Å²) in [4.78, 5) is 0. The Balaban J connectivity index is 2.64. The van der Waals surface area contributed by atoms with E-state index < -0.39 is 8.32 Å². The smallest absolute Gasteiger partial charge is 0.261 e. The first kappa shape index (κ1) is 20.4. The third-order valence-corrected chi connectivity index (χ3v) is 9.81. The summed E-state index contributed by atoms with van der Waals surface area (Å²) < 4.78 is 6.99. The Morgan fingerprint density at radius 2 is 1.46 bits per heavy atom. The average Bonchev–Trinajstić information content (AvgIpc) is 2.64. The van der Waals surface area contributed by atoms with Crippen molar-refractivity contribution in [2.45, 2.75) is 51.7 Å². The Hall–Kier alpha value is -1.86. The average molecular weight is 367 g/mol. The minimum atomic E-state index is -2.58. The second kappa shape index (κ2) is 9.18. The van der Waals surface area contributed by atoms with Crippen molar-refractivity contribution in [3.8, 4) is 11.8 Å². The van der Waals surface area contributed by atoms with Crippen molar-refractivity contribution in [3.63, 3.8) is 0 Å². The third-order valence-electron chi connectivity index (χ3n) is 4.72. The largest absolute Gasteiger partial charge is 0.403 e. The van der Waals surface area contributed by atoms with E-state index in [-0.39, 0.29) is 17.7 Å². The van der Waals surface area contributed by atoms with E-state index in [1.807, 2.05) is 19.1 Å². The van der Waals surface area contributed by atoms with Gasteiger partial charge < -0.3 is 9.53 Å². The number of aliphatic hydroxyl groups is 1. The molecule has 0 fully saturated rings. The molecular formula is C23H30O2Si. The van der Waals surface area contributed by atoms with Crippen molar-refractivity contribution in [1.29, 1.82) is 0 Å². The van der Waals surface area contributed by atoms with Crippen LogP contribution in [0.2, 0.25) is 5.04 Å². The topological polar surface area (TPSA) is 29.5 Å². The van der Waals surface area contributed by atoms with E-state index >= 15 is 0 Å². The van der Waals surface area contributed by atoms with Gasteiger partial charge in [-0.3, -0.25) is 0 Å². The highest BCUT2D eigenvalue weighted by Crippen LogP contribution is 2.38. The highest BCUT2D eigenvalue weighted by atomic mass is 28.4. The molecule has 0 spiro atoms. The van der Waals surface area contributed by atoms with E-state index in [0.29, 0.717) is 12.8 Å². The zero-order chi connectivity index (χ0) is 19.0. The van der Waals surface area contributed by atoms with Crippen molar-refractivity contribution in [2.24, 2.45) is 0 Å². The molecule has 0 saturated carbocycles. The number of hydrogen-bond acceptors (Lipinski definition) is 2. The van der Waals surface area contributed by atoms with Crippen molar-refractivity contribution < 1.29 is 9.53 Å². The Morgan fingerprint density at radius 1 is 0.962 bits per heavy atom. The monoisotopic (exact) mass is 366 g/mol. The van der Waals surface area contributed by atoms with Crippen LogP contribution in [-0.4, -0.2) is 26.1 Å². The lowest BCUT2D eigenvalue weighted by Gasteiger charge is -2.45. The predicted molar refractivity (Wildman–Crippen MR) is 112 cm³/mol. The fourth-order valence-electron chi connectivity index (χ4n) is 3.50. The van der Waals surface area contributed by atoms with Crippen molar-refractivity contribution in [1.82, 2.24) is 0 Å². The molecule has 2 rings (SSSR count). The highest BCUT2D eigenvalue weighted by molar-refractivity contribution is 6.99. The Labute approximate surface area is 159 Å². The number of hydrogen-bond donors (Lipinski definition) is 1.